The molecule has 0 unspecified atom stereocenters. The number of carbonyl (C=O) groups excluding carboxylic acids is 2. The lowest BCUT2D eigenvalue weighted by Crippen LogP contribution is -2.13. The number of benzene rings is 2. The molecule has 0 spiro atoms. The van der Waals surface area contributed by atoms with Crippen LogP contribution in [0.15, 0.2) is 60.9 Å². The molecule has 2 aromatic carbocycles. The van der Waals surface area contributed by atoms with Gasteiger partial charge in [0.1, 0.15) is 0 Å². The first-order valence-corrected chi connectivity index (χ1v) is 8.34. The van der Waals surface area contributed by atoms with Crippen molar-refractivity contribution in [1.82, 2.24) is 9.97 Å². The average molecular weight is 361 g/mol. The highest BCUT2D eigenvalue weighted by Gasteiger charge is 2.08. The molecular formula is C20H19N5O2. The number of nitrogens with one attached hydrogen (secondary N) is 3. The second-order valence-electron chi connectivity index (χ2n) is 6.01. The lowest BCUT2D eigenvalue weighted by atomic mass is 10.2. The summed E-state index contributed by atoms with van der Waals surface area (Å²) in [6, 6.07) is 14.7. The Balaban J connectivity index is 1.66. The molecule has 7 heteroatoms. The average Bonchev–Trinajstić information content (AvgIpc) is 2.62. The molecule has 0 atom stereocenters. The zero-order chi connectivity index (χ0) is 19.2. The molecular weight excluding hydrogens is 342 g/mol. The minimum Gasteiger partial charge on any atom is -0.326 e. The number of rotatable bonds is 5. The van der Waals surface area contributed by atoms with Gasteiger partial charge in [-0.3, -0.25) is 9.59 Å². The maximum absolute atomic E-state index is 12.3. The third-order valence-corrected chi connectivity index (χ3v) is 3.63. The largest absolute Gasteiger partial charge is 0.326 e. The Morgan fingerprint density at radius 1 is 0.852 bits per heavy atom. The lowest BCUT2D eigenvalue weighted by Gasteiger charge is -2.08. The quantitative estimate of drug-likeness (QED) is 0.643. The molecule has 2 amide bonds. The molecule has 3 N–H and O–H groups in total. The summed E-state index contributed by atoms with van der Waals surface area (Å²) in [6.07, 6.45) is 2.91. The lowest BCUT2D eigenvalue weighted by molar-refractivity contribution is -0.114. The van der Waals surface area contributed by atoms with E-state index in [-0.39, 0.29) is 11.8 Å². The molecule has 136 valence electrons. The fraction of sp³-hybridized carbons (Fsp3) is 0.100. The van der Waals surface area contributed by atoms with Crippen molar-refractivity contribution in [2.75, 3.05) is 16.0 Å². The molecule has 0 aliphatic heterocycles. The highest BCUT2D eigenvalue weighted by Crippen LogP contribution is 2.18. The van der Waals surface area contributed by atoms with E-state index in [4.69, 9.17) is 0 Å². The van der Waals surface area contributed by atoms with Crippen molar-refractivity contribution in [3.8, 4) is 0 Å². The van der Waals surface area contributed by atoms with Crippen LogP contribution in [0, 0.1) is 6.92 Å². The van der Waals surface area contributed by atoms with Crippen molar-refractivity contribution in [3.63, 3.8) is 0 Å². The number of hydrogen-bond donors (Lipinski definition) is 3. The number of aromatic nitrogens is 2. The molecule has 0 fully saturated rings. The van der Waals surface area contributed by atoms with E-state index in [9.17, 15) is 9.59 Å². The summed E-state index contributed by atoms with van der Waals surface area (Å²) >= 11 is 0. The summed E-state index contributed by atoms with van der Waals surface area (Å²) in [5.74, 6) is -0.0748. The normalized spacial score (nSPS) is 10.1. The standard InChI is InChI=1S/C20H19N5O2/c1-13-5-3-6-16(9-13)24-19(27)15-11-21-20(22-12-15)25-18-8-4-7-17(10-18)23-14(2)26/h3-12H,1-2H3,(H,23,26)(H,24,27)(H,21,22,25). The minimum absolute atomic E-state index is 0.146. The summed E-state index contributed by atoms with van der Waals surface area (Å²) in [7, 11) is 0. The molecule has 0 saturated heterocycles. The smallest absolute Gasteiger partial charge is 0.258 e. The fourth-order valence-electron chi connectivity index (χ4n) is 2.44. The van der Waals surface area contributed by atoms with Crippen LogP contribution in [0.1, 0.15) is 22.8 Å². The number of amides is 2. The molecule has 0 aliphatic carbocycles. The van der Waals surface area contributed by atoms with E-state index >= 15 is 0 Å². The Morgan fingerprint density at radius 2 is 1.48 bits per heavy atom. The molecule has 27 heavy (non-hydrogen) atoms. The van der Waals surface area contributed by atoms with Gasteiger partial charge < -0.3 is 16.0 Å². The van der Waals surface area contributed by atoms with Crippen LogP contribution in [-0.4, -0.2) is 21.8 Å². The minimum atomic E-state index is -0.278. The molecule has 3 rings (SSSR count). The van der Waals surface area contributed by atoms with Crippen LogP contribution in [-0.2, 0) is 4.79 Å². The van der Waals surface area contributed by atoms with Gasteiger partial charge in [0.05, 0.1) is 5.56 Å². The Kier molecular flexibility index (Phi) is 5.41. The van der Waals surface area contributed by atoms with Crippen molar-refractivity contribution in [2.24, 2.45) is 0 Å². The summed E-state index contributed by atoms with van der Waals surface area (Å²) in [6.45, 7) is 3.41. The molecule has 1 heterocycles. The third kappa shape index (κ3) is 5.12. The molecule has 0 bridgehead atoms. The maximum Gasteiger partial charge on any atom is 0.258 e. The number of anilines is 4. The zero-order valence-corrected chi connectivity index (χ0v) is 15.0. The van der Waals surface area contributed by atoms with Crippen LogP contribution >= 0.6 is 0 Å². The SMILES string of the molecule is CC(=O)Nc1cccc(Nc2ncc(C(=O)Nc3cccc(C)c3)cn2)c1. The molecule has 0 aliphatic rings. The van der Waals surface area contributed by atoms with Gasteiger partial charge in [0, 0.05) is 36.4 Å². The zero-order valence-electron chi connectivity index (χ0n) is 15.0. The van der Waals surface area contributed by atoms with Crippen LogP contribution < -0.4 is 16.0 Å². The molecule has 1 aromatic heterocycles. The summed E-state index contributed by atoms with van der Waals surface area (Å²) in [4.78, 5) is 31.8. The van der Waals surface area contributed by atoms with Crippen LogP contribution in [0.2, 0.25) is 0 Å². The number of nitrogens with zero attached hydrogens (tertiary/aromatic N) is 2. The fourth-order valence-corrected chi connectivity index (χ4v) is 2.44. The van der Waals surface area contributed by atoms with Crippen molar-refractivity contribution >= 4 is 34.8 Å². The van der Waals surface area contributed by atoms with Gasteiger partial charge in [0.15, 0.2) is 0 Å². The van der Waals surface area contributed by atoms with E-state index in [0.29, 0.717) is 17.2 Å². The van der Waals surface area contributed by atoms with Crippen LogP contribution in [0.4, 0.5) is 23.0 Å². The summed E-state index contributed by atoms with van der Waals surface area (Å²) in [5.41, 5.74) is 3.52. The second-order valence-corrected chi connectivity index (χ2v) is 6.01. The van der Waals surface area contributed by atoms with E-state index in [1.165, 1.54) is 19.3 Å². The number of hydrogen-bond acceptors (Lipinski definition) is 5. The molecule has 3 aromatic rings. The monoisotopic (exact) mass is 361 g/mol. The third-order valence-electron chi connectivity index (χ3n) is 3.63. The van der Waals surface area contributed by atoms with Gasteiger partial charge in [-0.05, 0) is 42.8 Å². The highest BCUT2D eigenvalue weighted by molar-refractivity contribution is 6.03. The van der Waals surface area contributed by atoms with Gasteiger partial charge >= 0.3 is 0 Å². The van der Waals surface area contributed by atoms with E-state index in [0.717, 1.165) is 16.9 Å². The number of carbonyl (C=O) groups is 2. The van der Waals surface area contributed by atoms with E-state index in [2.05, 4.69) is 25.9 Å². The Morgan fingerprint density at radius 3 is 2.15 bits per heavy atom. The van der Waals surface area contributed by atoms with Crippen molar-refractivity contribution in [2.45, 2.75) is 13.8 Å². The molecule has 7 nitrogen and oxygen atoms in total. The van der Waals surface area contributed by atoms with Gasteiger partial charge in [-0.25, -0.2) is 9.97 Å². The van der Waals surface area contributed by atoms with Gasteiger partial charge in [-0.15, -0.1) is 0 Å². The van der Waals surface area contributed by atoms with Gasteiger partial charge in [0.2, 0.25) is 11.9 Å². The van der Waals surface area contributed by atoms with Crippen LogP contribution in [0.25, 0.3) is 0 Å². The van der Waals surface area contributed by atoms with E-state index in [1.54, 1.807) is 18.2 Å². The number of aryl methyl sites for hydroxylation is 1. The van der Waals surface area contributed by atoms with Gasteiger partial charge in [0.25, 0.3) is 5.91 Å². The topological polar surface area (TPSA) is 96.0 Å². The Bertz CT molecular complexity index is 970. The van der Waals surface area contributed by atoms with Crippen LogP contribution in [0.5, 0.6) is 0 Å². The summed E-state index contributed by atoms with van der Waals surface area (Å²) < 4.78 is 0. The van der Waals surface area contributed by atoms with Gasteiger partial charge in [-0.2, -0.15) is 0 Å². The summed E-state index contributed by atoms with van der Waals surface area (Å²) in [5, 5.41) is 8.56. The van der Waals surface area contributed by atoms with Crippen molar-refractivity contribution in [3.05, 3.63) is 72.1 Å². The first kappa shape index (κ1) is 18.1. The van der Waals surface area contributed by atoms with E-state index < -0.39 is 0 Å². The maximum atomic E-state index is 12.3. The highest BCUT2D eigenvalue weighted by atomic mass is 16.2. The Hall–Kier alpha value is -3.74. The second kappa shape index (κ2) is 8.09. The van der Waals surface area contributed by atoms with Gasteiger partial charge in [-0.1, -0.05) is 18.2 Å². The first-order chi connectivity index (χ1) is 13.0. The predicted octanol–water partition coefficient (Wildman–Crippen LogP) is 3.74. The van der Waals surface area contributed by atoms with Crippen molar-refractivity contribution < 1.29 is 9.59 Å². The Labute approximate surface area is 156 Å². The first-order valence-electron chi connectivity index (χ1n) is 8.34. The molecule has 0 radical (unpaired) electrons. The van der Waals surface area contributed by atoms with Crippen LogP contribution in [0.3, 0.4) is 0 Å². The molecule has 0 saturated carbocycles. The predicted molar refractivity (Wildman–Crippen MR) is 105 cm³/mol. The van der Waals surface area contributed by atoms with E-state index in [1.807, 2.05) is 37.3 Å². The van der Waals surface area contributed by atoms with Crippen molar-refractivity contribution in [1.29, 1.82) is 0 Å².